The Labute approximate surface area is 78.0 Å². The SMILES string of the molecule is OSc1c[nH]c2nc(Cl)ccc12. The smallest absolute Gasteiger partial charge is 0.140 e. The Bertz CT molecular complexity index is 415. The van der Waals surface area contributed by atoms with Crippen LogP contribution in [-0.4, -0.2) is 14.5 Å². The molecule has 0 aliphatic heterocycles. The lowest BCUT2D eigenvalue weighted by atomic mass is 10.3. The van der Waals surface area contributed by atoms with E-state index in [-0.39, 0.29) is 0 Å². The van der Waals surface area contributed by atoms with E-state index >= 15 is 0 Å². The number of H-pyrrole nitrogens is 1. The number of fused-ring (bicyclic) bond motifs is 1. The van der Waals surface area contributed by atoms with Gasteiger partial charge in [0.2, 0.25) is 0 Å². The first kappa shape index (κ1) is 7.91. The zero-order valence-electron chi connectivity index (χ0n) is 5.91. The third-order valence-electron chi connectivity index (χ3n) is 1.57. The standard InChI is InChI=1S/C7H5ClN2OS/c8-6-2-1-4-5(12-11)3-9-7(4)10-6/h1-3,11H,(H,9,10). The van der Waals surface area contributed by atoms with E-state index in [4.69, 9.17) is 16.2 Å². The summed E-state index contributed by atoms with van der Waals surface area (Å²) in [5, 5.41) is 1.32. The molecule has 12 heavy (non-hydrogen) atoms. The van der Waals surface area contributed by atoms with Crippen molar-refractivity contribution in [1.82, 2.24) is 9.97 Å². The van der Waals surface area contributed by atoms with E-state index in [9.17, 15) is 0 Å². The van der Waals surface area contributed by atoms with Crippen molar-refractivity contribution in [2.24, 2.45) is 0 Å². The molecule has 3 nitrogen and oxygen atoms in total. The van der Waals surface area contributed by atoms with E-state index < -0.39 is 0 Å². The van der Waals surface area contributed by atoms with Gasteiger partial charge in [-0.25, -0.2) is 4.98 Å². The summed E-state index contributed by atoms with van der Waals surface area (Å²) in [5.74, 6) is 0. The lowest BCUT2D eigenvalue weighted by molar-refractivity contribution is 0.664. The minimum absolute atomic E-state index is 0.443. The Morgan fingerprint density at radius 3 is 3.08 bits per heavy atom. The average molecular weight is 201 g/mol. The van der Waals surface area contributed by atoms with Crippen molar-refractivity contribution in [3.05, 3.63) is 23.5 Å². The number of pyridine rings is 1. The van der Waals surface area contributed by atoms with Crippen LogP contribution in [0.5, 0.6) is 0 Å². The van der Waals surface area contributed by atoms with Crippen LogP contribution in [0.2, 0.25) is 5.15 Å². The Morgan fingerprint density at radius 2 is 2.33 bits per heavy atom. The molecule has 2 aromatic rings. The minimum atomic E-state index is 0.443. The molecule has 0 unspecified atom stereocenters. The normalized spacial score (nSPS) is 10.8. The maximum absolute atomic E-state index is 8.83. The van der Waals surface area contributed by atoms with Crippen molar-refractivity contribution in [2.75, 3.05) is 0 Å². The first-order valence-electron chi connectivity index (χ1n) is 3.26. The fourth-order valence-corrected chi connectivity index (χ4v) is 1.55. The average Bonchev–Trinajstić information content (AvgIpc) is 2.46. The van der Waals surface area contributed by atoms with Crippen LogP contribution in [0.1, 0.15) is 0 Å². The van der Waals surface area contributed by atoms with Gasteiger partial charge in [-0.2, -0.15) is 0 Å². The quantitative estimate of drug-likeness (QED) is 0.550. The second-order valence-electron chi connectivity index (χ2n) is 2.27. The number of rotatable bonds is 1. The van der Waals surface area contributed by atoms with Gasteiger partial charge in [0.25, 0.3) is 0 Å². The van der Waals surface area contributed by atoms with Crippen molar-refractivity contribution in [2.45, 2.75) is 4.90 Å². The highest BCUT2D eigenvalue weighted by atomic mass is 35.5. The second kappa shape index (κ2) is 2.97. The molecule has 0 saturated heterocycles. The Balaban J connectivity index is 2.73. The highest BCUT2D eigenvalue weighted by Gasteiger charge is 2.03. The highest BCUT2D eigenvalue weighted by Crippen LogP contribution is 2.25. The summed E-state index contributed by atoms with van der Waals surface area (Å²) in [6.45, 7) is 0. The first-order valence-corrected chi connectivity index (χ1v) is 4.41. The molecule has 2 heterocycles. The van der Waals surface area contributed by atoms with Gasteiger partial charge in [0.15, 0.2) is 0 Å². The fourth-order valence-electron chi connectivity index (χ4n) is 1.03. The van der Waals surface area contributed by atoms with Crippen molar-refractivity contribution in [1.29, 1.82) is 0 Å². The van der Waals surface area contributed by atoms with E-state index in [1.165, 1.54) is 0 Å². The number of halogens is 1. The van der Waals surface area contributed by atoms with Crippen molar-refractivity contribution in [3.8, 4) is 0 Å². The summed E-state index contributed by atoms with van der Waals surface area (Å²) in [6.07, 6.45) is 1.69. The molecule has 0 aliphatic carbocycles. The van der Waals surface area contributed by atoms with Crippen molar-refractivity contribution < 1.29 is 4.55 Å². The molecule has 0 amide bonds. The third-order valence-corrected chi connectivity index (χ3v) is 2.31. The molecule has 0 aromatic carbocycles. The molecule has 0 radical (unpaired) electrons. The summed E-state index contributed by atoms with van der Waals surface area (Å²) in [6, 6.07) is 3.51. The molecule has 0 saturated carbocycles. The van der Waals surface area contributed by atoms with Crippen LogP contribution < -0.4 is 0 Å². The van der Waals surface area contributed by atoms with E-state index in [2.05, 4.69) is 9.97 Å². The van der Waals surface area contributed by atoms with Gasteiger partial charge in [0.05, 0.1) is 4.90 Å². The molecular formula is C7H5ClN2OS. The maximum Gasteiger partial charge on any atom is 0.140 e. The Hall–Kier alpha value is -0.710. The molecule has 0 fully saturated rings. The van der Waals surface area contributed by atoms with E-state index in [1.54, 1.807) is 12.3 Å². The molecular weight excluding hydrogens is 196 g/mol. The second-order valence-corrected chi connectivity index (χ2v) is 3.28. The summed E-state index contributed by atoms with van der Waals surface area (Å²) < 4.78 is 8.83. The van der Waals surface area contributed by atoms with Crippen LogP contribution in [0.15, 0.2) is 23.2 Å². The molecule has 0 aliphatic rings. The number of nitrogens with one attached hydrogen (secondary N) is 1. The first-order chi connectivity index (χ1) is 5.81. The molecule has 2 rings (SSSR count). The van der Waals surface area contributed by atoms with Gasteiger partial charge in [0, 0.05) is 23.6 Å². The largest absolute Gasteiger partial charge is 0.345 e. The monoisotopic (exact) mass is 200 g/mol. The zero-order chi connectivity index (χ0) is 8.55. The number of nitrogens with zero attached hydrogens (tertiary/aromatic N) is 1. The Kier molecular flexibility index (Phi) is 1.96. The molecule has 0 atom stereocenters. The predicted molar refractivity (Wildman–Crippen MR) is 49.6 cm³/mol. The van der Waals surface area contributed by atoms with E-state index in [1.807, 2.05) is 6.07 Å². The molecule has 0 bridgehead atoms. The van der Waals surface area contributed by atoms with Gasteiger partial charge in [-0.05, 0) is 12.1 Å². The van der Waals surface area contributed by atoms with Gasteiger partial charge in [0.1, 0.15) is 10.8 Å². The van der Waals surface area contributed by atoms with Crippen molar-refractivity contribution in [3.63, 3.8) is 0 Å². The van der Waals surface area contributed by atoms with Gasteiger partial charge in [-0.15, -0.1) is 0 Å². The summed E-state index contributed by atoms with van der Waals surface area (Å²) in [5.41, 5.74) is 0.694. The van der Waals surface area contributed by atoms with Crippen LogP contribution in [0.3, 0.4) is 0 Å². The lowest BCUT2D eigenvalue weighted by Gasteiger charge is -1.91. The molecule has 0 spiro atoms. The van der Waals surface area contributed by atoms with Crippen LogP contribution in [0.25, 0.3) is 11.0 Å². The van der Waals surface area contributed by atoms with Gasteiger partial charge >= 0.3 is 0 Å². The number of hydrogen-bond donors (Lipinski definition) is 2. The maximum atomic E-state index is 8.83. The van der Waals surface area contributed by atoms with Crippen molar-refractivity contribution >= 4 is 34.7 Å². The predicted octanol–water partition coefficient (Wildman–Crippen LogP) is 2.78. The number of hydrogen-bond acceptors (Lipinski definition) is 3. The van der Waals surface area contributed by atoms with Crippen LogP contribution in [0, 0.1) is 0 Å². The van der Waals surface area contributed by atoms with E-state index in [0.29, 0.717) is 22.8 Å². The molecule has 5 heteroatoms. The van der Waals surface area contributed by atoms with E-state index in [0.717, 1.165) is 10.3 Å². The van der Waals surface area contributed by atoms with Crippen LogP contribution >= 0.6 is 23.6 Å². The van der Waals surface area contributed by atoms with Crippen LogP contribution in [0.4, 0.5) is 0 Å². The summed E-state index contributed by atoms with van der Waals surface area (Å²) in [4.78, 5) is 7.69. The summed E-state index contributed by atoms with van der Waals surface area (Å²) in [7, 11) is 0. The zero-order valence-corrected chi connectivity index (χ0v) is 7.49. The van der Waals surface area contributed by atoms with Gasteiger partial charge < -0.3 is 9.54 Å². The Morgan fingerprint density at radius 1 is 1.50 bits per heavy atom. The van der Waals surface area contributed by atoms with Gasteiger partial charge in [-0.1, -0.05) is 11.6 Å². The fraction of sp³-hybridized carbons (Fsp3) is 0. The highest BCUT2D eigenvalue weighted by molar-refractivity contribution is 7.94. The molecule has 2 aromatic heterocycles. The number of aromatic nitrogens is 2. The van der Waals surface area contributed by atoms with Gasteiger partial charge in [-0.3, -0.25) is 0 Å². The minimum Gasteiger partial charge on any atom is -0.345 e. The topological polar surface area (TPSA) is 48.9 Å². The number of aromatic amines is 1. The summed E-state index contributed by atoms with van der Waals surface area (Å²) >= 11 is 6.37. The molecule has 62 valence electrons. The third kappa shape index (κ3) is 1.18. The molecule has 2 N–H and O–H groups in total. The lowest BCUT2D eigenvalue weighted by Crippen LogP contribution is -1.75. The van der Waals surface area contributed by atoms with Crippen LogP contribution in [-0.2, 0) is 0 Å².